The van der Waals surface area contributed by atoms with Crippen molar-refractivity contribution in [2.75, 3.05) is 5.43 Å². The summed E-state index contributed by atoms with van der Waals surface area (Å²) in [5, 5.41) is 0.581. The molecule has 0 saturated heterocycles. The van der Waals surface area contributed by atoms with Gasteiger partial charge < -0.3 is 4.74 Å². The Kier molecular flexibility index (Phi) is 10.6. The molecule has 1 amide bonds. The number of benzene rings is 3. The Morgan fingerprint density at radius 2 is 1.24 bits per heavy atom. The van der Waals surface area contributed by atoms with Crippen LogP contribution in [0.15, 0.2) is 116 Å². The monoisotopic (exact) mass is 740 g/mol. The first kappa shape index (κ1) is 35.3. The molecule has 0 unspecified atom stereocenters. The number of fused-ring (bicyclic) bond motifs is 1. The third-order valence-electron chi connectivity index (χ3n) is 8.09. The van der Waals surface area contributed by atoms with Gasteiger partial charge in [-0.1, -0.05) is 107 Å². The minimum Gasteiger partial charge on any atom is -0.443 e. The molecule has 0 fully saturated rings. The zero-order chi connectivity index (χ0) is 36.1. The minimum atomic E-state index is -0.682. The molecule has 13 nitrogen and oxygen atoms in total. The molecule has 14 heteroatoms. The fourth-order valence-electron chi connectivity index (χ4n) is 5.37. The van der Waals surface area contributed by atoms with E-state index in [1.807, 2.05) is 60.7 Å². The van der Waals surface area contributed by atoms with Crippen molar-refractivity contribution in [1.29, 1.82) is 0 Å². The summed E-state index contributed by atoms with van der Waals surface area (Å²) in [5.41, 5.74) is 4.02. The second-order valence-corrected chi connectivity index (χ2v) is 11.8. The number of amides is 1. The number of aryl methyl sites for hydroxylation is 1. The maximum Gasteiger partial charge on any atom is 0.426 e. The van der Waals surface area contributed by atoms with Crippen LogP contribution in [0.3, 0.4) is 0 Å². The van der Waals surface area contributed by atoms with Gasteiger partial charge in [0.25, 0.3) is 11.1 Å². The van der Waals surface area contributed by atoms with Crippen molar-refractivity contribution in [1.82, 2.24) is 22.9 Å². The van der Waals surface area contributed by atoms with Crippen LogP contribution in [0.1, 0.15) is 27.2 Å². The summed E-state index contributed by atoms with van der Waals surface area (Å²) < 4.78 is 11.4. The lowest BCUT2D eigenvalue weighted by Gasteiger charge is -2.12. The van der Waals surface area contributed by atoms with Crippen LogP contribution in [0.25, 0.3) is 22.2 Å². The van der Waals surface area contributed by atoms with Gasteiger partial charge in [0.05, 0.1) is 22.8 Å². The molecule has 6 aromatic rings. The summed E-state index contributed by atoms with van der Waals surface area (Å²) in [5.74, 6) is -0.378. The third kappa shape index (κ3) is 6.91. The van der Waals surface area contributed by atoms with E-state index in [4.69, 9.17) is 4.74 Å². The molecule has 0 radical (unpaired) electrons. The quantitative estimate of drug-likeness (QED) is 0.193. The third-order valence-corrected chi connectivity index (χ3v) is 8.62. The number of ketones is 1. The van der Waals surface area contributed by atoms with E-state index < -0.39 is 28.6 Å². The van der Waals surface area contributed by atoms with Crippen molar-refractivity contribution >= 4 is 38.7 Å². The molecule has 6 rings (SSSR count). The largest absolute Gasteiger partial charge is 0.443 e. The van der Waals surface area contributed by atoms with Gasteiger partial charge in [0.1, 0.15) is 12.2 Å². The van der Waals surface area contributed by atoms with E-state index in [1.54, 1.807) is 50.6 Å². The number of nitrogens with zero attached hydrogens (tertiary/aromatic N) is 5. The minimum absolute atomic E-state index is 0.0256. The highest BCUT2D eigenvalue weighted by molar-refractivity contribution is 9.08. The standard InChI is InChI=1S/C22H20N4O4.C14H13BrN2O3/c1-24-17-13-26(23-21(28)30-14-15-9-5-3-6-10-15)19(16-11-7-4-8-12-16)18(17)20(27)25(2)22(24)29;1-16-10(8-15)11(13(19)17(2)14(16)20)12(18)9-6-4-3-5-7-9/h3-13H,14H2,1-2H3,(H,23,28);3-7H,8H2,1-2H3. The summed E-state index contributed by atoms with van der Waals surface area (Å²) in [6.07, 6.45) is 0.864. The van der Waals surface area contributed by atoms with Crippen LogP contribution in [0, 0.1) is 0 Å². The van der Waals surface area contributed by atoms with Crippen molar-refractivity contribution in [3.05, 3.63) is 161 Å². The molecule has 3 heterocycles. The summed E-state index contributed by atoms with van der Waals surface area (Å²) in [4.78, 5) is 74.3. The van der Waals surface area contributed by atoms with Crippen molar-refractivity contribution in [2.24, 2.45) is 28.2 Å². The first-order valence-corrected chi connectivity index (χ1v) is 16.4. The molecular formula is C36H33BrN6O7. The predicted molar refractivity (Wildman–Crippen MR) is 193 cm³/mol. The van der Waals surface area contributed by atoms with E-state index in [0.717, 1.165) is 14.7 Å². The summed E-state index contributed by atoms with van der Waals surface area (Å²) in [6, 6.07) is 27.0. The number of carbonyl (C=O) groups is 2. The van der Waals surface area contributed by atoms with Gasteiger partial charge >= 0.3 is 17.5 Å². The van der Waals surface area contributed by atoms with Gasteiger partial charge in [0, 0.05) is 50.3 Å². The van der Waals surface area contributed by atoms with Crippen molar-refractivity contribution in [3.63, 3.8) is 0 Å². The molecule has 0 aliphatic heterocycles. The van der Waals surface area contributed by atoms with E-state index in [1.165, 1.54) is 27.9 Å². The lowest BCUT2D eigenvalue weighted by molar-refractivity contribution is 0.103. The molecule has 1 N–H and O–H groups in total. The second-order valence-electron chi connectivity index (χ2n) is 11.2. The number of ether oxygens (including phenoxy) is 1. The number of hydrogen-bond donors (Lipinski definition) is 1. The molecule has 3 aromatic carbocycles. The average Bonchev–Trinajstić information content (AvgIpc) is 3.52. The van der Waals surface area contributed by atoms with E-state index in [2.05, 4.69) is 21.4 Å². The second kappa shape index (κ2) is 15.0. The SMILES string of the molecule is Cn1c(=O)c2c(-c3ccccc3)n(NC(=O)OCc3ccccc3)cc2n(C)c1=O.Cn1c(CBr)c(C(=O)c2ccccc2)c(=O)n(C)c1=O. The van der Waals surface area contributed by atoms with E-state index in [0.29, 0.717) is 33.4 Å². The molecule has 0 aliphatic rings. The zero-order valence-corrected chi connectivity index (χ0v) is 29.2. The number of halogens is 1. The van der Waals surface area contributed by atoms with Gasteiger partial charge in [-0.15, -0.1) is 0 Å². The van der Waals surface area contributed by atoms with Crippen molar-refractivity contribution in [3.8, 4) is 11.3 Å². The van der Waals surface area contributed by atoms with Gasteiger partial charge in [0.15, 0.2) is 5.78 Å². The molecular weight excluding hydrogens is 708 g/mol. The Labute approximate surface area is 293 Å². The van der Waals surface area contributed by atoms with Crippen molar-refractivity contribution in [2.45, 2.75) is 11.9 Å². The van der Waals surface area contributed by atoms with Gasteiger partial charge in [0.2, 0.25) is 0 Å². The number of rotatable bonds is 7. The van der Waals surface area contributed by atoms with Gasteiger partial charge in [-0.25, -0.2) is 19.8 Å². The Morgan fingerprint density at radius 3 is 1.84 bits per heavy atom. The number of carbonyl (C=O) groups excluding carboxylic acids is 2. The fraction of sp³-hybridized carbons (Fsp3) is 0.167. The first-order chi connectivity index (χ1) is 24.0. The maximum absolute atomic E-state index is 12.9. The van der Waals surface area contributed by atoms with Crippen LogP contribution in [0.5, 0.6) is 0 Å². The topological polar surface area (TPSA) is 148 Å². The Morgan fingerprint density at radius 1 is 0.700 bits per heavy atom. The maximum atomic E-state index is 12.9. The van der Waals surface area contributed by atoms with Crippen LogP contribution < -0.4 is 27.9 Å². The van der Waals surface area contributed by atoms with Gasteiger partial charge in [-0.2, -0.15) is 0 Å². The fourth-order valence-corrected chi connectivity index (χ4v) is 6.02. The number of aromatic nitrogens is 5. The molecule has 50 heavy (non-hydrogen) atoms. The van der Waals surface area contributed by atoms with Crippen LogP contribution in [-0.2, 0) is 44.9 Å². The highest BCUT2D eigenvalue weighted by Crippen LogP contribution is 2.27. The Balaban J connectivity index is 0.000000211. The van der Waals surface area contributed by atoms with E-state index in [9.17, 15) is 28.8 Å². The molecule has 0 bridgehead atoms. The molecule has 0 spiro atoms. The molecule has 256 valence electrons. The summed E-state index contributed by atoms with van der Waals surface area (Å²) >= 11 is 3.23. The number of hydrogen-bond acceptors (Lipinski definition) is 7. The van der Waals surface area contributed by atoms with Crippen LogP contribution in [-0.4, -0.2) is 34.8 Å². The smallest absolute Gasteiger partial charge is 0.426 e. The van der Waals surface area contributed by atoms with Crippen molar-refractivity contribution < 1.29 is 14.3 Å². The summed E-state index contributed by atoms with van der Waals surface area (Å²) in [7, 11) is 5.92. The Hall–Kier alpha value is -6.02. The highest BCUT2D eigenvalue weighted by Gasteiger charge is 2.23. The average molecular weight is 742 g/mol. The highest BCUT2D eigenvalue weighted by atomic mass is 79.9. The zero-order valence-electron chi connectivity index (χ0n) is 27.6. The van der Waals surface area contributed by atoms with E-state index >= 15 is 0 Å². The van der Waals surface area contributed by atoms with Gasteiger partial charge in [-0.05, 0) is 5.56 Å². The number of nitrogens with one attached hydrogen (secondary N) is 1. The number of alkyl halides is 1. The van der Waals surface area contributed by atoms with Gasteiger partial charge in [-0.3, -0.25) is 37.3 Å². The van der Waals surface area contributed by atoms with E-state index in [-0.39, 0.29) is 23.3 Å². The summed E-state index contributed by atoms with van der Waals surface area (Å²) in [6.45, 7) is 0.106. The first-order valence-electron chi connectivity index (χ1n) is 15.2. The lowest BCUT2D eigenvalue weighted by atomic mass is 10.0. The van der Waals surface area contributed by atoms with Crippen LogP contribution in [0.2, 0.25) is 0 Å². The molecule has 3 aromatic heterocycles. The molecule has 0 saturated carbocycles. The predicted octanol–water partition coefficient (Wildman–Crippen LogP) is 3.80. The normalized spacial score (nSPS) is 10.7. The lowest BCUT2D eigenvalue weighted by Crippen LogP contribution is -2.42. The molecule has 0 atom stereocenters. The van der Waals surface area contributed by atoms with Crippen LogP contribution >= 0.6 is 15.9 Å². The van der Waals surface area contributed by atoms with Crippen LogP contribution in [0.4, 0.5) is 4.79 Å². The Bertz CT molecular complexity index is 2450. The molecule has 0 aliphatic carbocycles.